The number of carbonyl (C=O) groups excluding carboxylic acids is 2. The normalized spacial score (nSPS) is 11.4. The summed E-state index contributed by atoms with van der Waals surface area (Å²) in [5.74, 6) is -0.384. The highest BCUT2D eigenvalue weighted by atomic mass is 32.1. The van der Waals surface area contributed by atoms with Crippen LogP contribution in [0.5, 0.6) is 0 Å². The fourth-order valence-electron chi connectivity index (χ4n) is 2.67. The van der Waals surface area contributed by atoms with Gasteiger partial charge in [-0.15, -0.1) is 11.3 Å². The number of aryl methyl sites for hydroxylation is 1. The van der Waals surface area contributed by atoms with Crippen LogP contribution in [0.1, 0.15) is 61.4 Å². The summed E-state index contributed by atoms with van der Waals surface area (Å²) in [6, 6.07) is 6.03. The first kappa shape index (κ1) is 20.8. The minimum atomic E-state index is -0.572. The fraction of sp³-hybridized carbons (Fsp3) is 0.381. The van der Waals surface area contributed by atoms with Crippen LogP contribution in [0.3, 0.4) is 0 Å². The van der Waals surface area contributed by atoms with Crippen molar-refractivity contribution in [3.63, 3.8) is 0 Å². The van der Waals surface area contributed by atoms with Gasteiger partial charge in [-0.2, -0.15) is 0 Å². The van der Waals surface area contributed by atoms with Crippen molar-refractivity contribution in [1.29, 1.82) is 0 Å². The highest BCUT2D eigenvalue weighted by Gasteiger charge is 2.16. The highest BCUT2D eigenvalue weighted by Crippen LogP contribution is 2.32. The summed E-state index contributed by atoms with van der Waals surface area (Å²) in [7, 11) is 0. The van der Waals surface area contributed by atoms with Gasteiger partial charge in [0.15, 0.2) is 6.61 Å². The molecule has 1 aromatic heterocycles. The number of ether oxygens (including phenoxy) is 1. The van der Waals surface area contributed by atoms with Gasteiger partial charge >= 0.3 is 5.97 Å². The predicted molar refractivity (Wildman–Crippen MR) is 110 cm³/mol. The number of esters is 1. The minimum absolute atomic E-state index is 0.269. The van der Waals surface area contributed by atoms with Gasteiger partial charge in [-0.25, -0.2) is 9.78 Å². The van der Waals surface area contributed by atoms with Crippen LogP contribution in [0.15, 0.2) is 29.7 Å². The van der Waals surface area contributed by atoms with E-state index in [9.17, 15) is 9.59 Å². The van der Waals surface area contributed by atoms with Gasteiger partial charge < -0.3 is 10.1 Å². The van der Waals surface area contributed by atoms with Crippen molar-refractivity contribution in [2.75, 3.05) is 11.9 Å². The van der Waals surface area contributed by atoms with E-state index in [0.717, 1.165) is 21.8 Å². The third-order valence-electron chi connectivity index (χ3n) is 4.01. The molecular weight excluding hydrogens is 360 g/mol. The quantitative estimate of drug-likeness (QED) is 0.543. The van der Waals surface area contributed by atoms with Crippen molar-refractivity contribution in [3.8, 4) is 0 Å². The Labute approximate surface area is 164 Å². The highest BCUT2D eigenvalue weighted by molar-refractivity contribution is 7.09. The number of hydrogen-bond acceptors (Lipinski definition) is 5. The van der Waals surface area contributed by atoms with Crippen LogP contribution in [0.4, 0.5) is 5.69 Å². The molecule has 2 rings (SSSR count). The second-order valence-electron chi connectivity index (χ2n) is 6.90. The average molecular weight is 387 g/mol. The molecule has 6 heteroatoms. The lowest BCUT2D eigenvalue weighted by Gasteiger charge is -2.20. The number of carbonyl (C=O) groups is 2. The molecule has 2 aromatic rings. The Hall–Kier alpha value is -2.47. The van der Waals surface area contributed by atoms with Crippen LogP contribution in [-0.2, 0) is 14.3 Å². The van der Waals surface area contributed by atoms with E-state index >= 15 is 0 Å². The van der Waals surface area contributed by atoms with Crippen molar-refractivity contribution in [3.05, 3.63) is 51.5 Å². The summed E-state index contributed by atoms with van der Waals surface area (Å²) in [6.45, 7) is 9.90. The topological polar surface area (TPSA) is 68.3 Å². The lowest BCUT2D eigenvalue weighted by molar-refractivity contribution is -0.142. The molecule has 0 aliphatic rings. The zero-order chi connectivity index (χ0) is 20.0. The molecule has 0 saturated heterocycles. The molecule has 1 N–H and O–H groups in total. The van der Waals surface area contributed by atoms with Gasteiger partial charge in [0.05, 0.1) is 10.7 Å². The largest absolute Gasteiger partial charge is 0.452 e. The van der Waals surface area contributed by atoms with Crippen LogP contribution in [0, 0.1) is 6.92 Å². The van der Waals surface area contributed by atoms with Crippen molar-refractivity contribution in [1.82, 2.24) is 4.98 Å². The number of amides is 1. The van der Waals surface area contributed by atoms with Gasteiger partial charge in [0, 0.05) is 17.1 Å². The third kappa shape index (κ3) is 6.03. The number of nitrogens with zero attached hydrogens (tertiary/aromatic N) is 1. The van der Waals surface area contributed by atoms with E-state index in [0.29, 0.717) is 5.69 Å². The Morgan fingerprint density at radius 3 is 2.33 bits per heavy atom. The molecule has 1 aromatic carbocycles. The molecule has 0 atom stereocenters. The fourth-order valence-corrected chi connectivity index (χ4v) is 3.25. The number of hydrogen-bond donors (Lipinski definition) is 1. The molecule has 0 unspecified atom stereocenters. The van der Waals surface area contributed by atoms with E-state index in [2.05, 4.69) is 38.0 Å². The van der Waals surface area contributed by atoms with Crippen LogP contribution in [-0.4, -0.2) is 23.5 Å². The van der Waals surface area contributed by atoms with Gasteiger partial charge in [-0.05, 0) is 36.0 Å². The molecule has 0 aliphatic carbocycles. The first-order valence-electron chi connectivity index (χ1n) is 8.97. The summed E-state index contributed by atoms with van der Waals surface area (Å²) < 4.78 is 5.04. The lowest BCUT2D eigenvalue weighted by Crippen LogP contribution is -2.22. The summed E-state index contributed by atoms with van der Waals surface area (Å²) in [4.78, 5) is 28.4. The zero-order valence-electron chi connectivity index (χ0n) is 16.4. The van der Waals surface area contributed by atoms with Gasteiger partial charge in [0.1, 0.15) is 0 Å². The summed E-state index contributed by atoms with van der Waals surface area (Å²) >= 11 is 1.50. The van der Waals surface area contributed by atoms with Gasteiger partial charge in [0.2, 0.25) is 0 Å². The second-order valence-corrected chi connectivity index (χ2v) is 7.96. The maximum Gasteiger partial charge on any atom is 0.331 e. The monoisotopic (exact) mass is 386 g/mol. The van der Waals surface area contributed by atoms with Crippen LogP contribution in [0.25, 0.3) is 6.08 Å². The molecule has 1 heterocycles. The van der Waals surface area contributed by atoms with Crippen LogP contribution < -0.4 is 5.32 Å². The van der Waals surface area contributed by atoms with E-state index < -0.39 is 5.97 Å². The number of anilines is 1. The maximum atomic E-state index is 12.3. The maximum absolute atomic E-state index is 12.3. The van der Waals surface area contributed by atoms with Gasteiger partial charge in [-0.3, -0.25) is 4.79 Å². The van der Waals surface area contributed by atoms with Crippen molar-refractivity contribution >= 4 is 35.0 Å². The molecule has 0 spiro atoms. The molecule has 0 radical (unpaired) electrons. The van der Waals surface area contributed by atoms with Crippen LogP contribution in [0.2, 0.25) is 0 Å². The number of aromatic nitrogens is 1. The Morgan fingerprint density at radius 1 is 1.19 bits per heavy atom. The third-order valence-corrected chi connectivity index (χ3v) is 4.80. The Kier molecular flexibility index (Phi) is 7.30. The van der Waals surface area contributed by atoms with Crippen molar-refractivity contribution < 1.29 is 14.3 Å². The minimum Gasteiger partial charge on any atom is -0.452 e. The van der Waals surface area contributed by atoms with E-state index in [-0.39, 0.29) is 24.3 Å². The molecule has 0 fully saturated rings. The number of thiazole rings is 1. The number of para-hydroxylation sites is 1. The summed E-state index contributed by atoms with van der Waals surface area (Å²) in [5.41, 5.74) is 3.66. The molecular formula is C21H26N2O3S. The zero-order valence-corrected chi connectivity index (χ0v) is 17.2. The van der Waals surface area contributed by atoms with Crippen LogP contribution >= 0.6 is 11.3 Å². The van der Waals surface area contributed by atoms with Crippen molar-refractivity contribution in [2.24, 2.45) is 0 Å². The molecule has 5 nitrogen and oxygen atoms in total. The van der Waals surface area contributed by atoms with E-state index in [1.54, 1.807) is 6.08 Å². The number of rotatable bonds is 7. The molecule has 0 aliphatic heterocycles. The molecule has 0 saturated carbocycles. The number of benzene rings is 1. The molecule has 0 bridgehead atoms. The summed E-state index contributed by atoms with van der Waals surface area (Å²) in [6.07, 6.45) is 2.86. The Bertz CT molecular complexity index is 811. The standard InChI is InChI=1S/C21H26N2O3S/c1-13(2)17-7-6-8-18(14(3)4)21(17)23-19(24)11-26-20(25)10-9-16-12-27-15(5)22-16/h6-10,12-14H,11H2,1-5H3,(H,23,24)/b10-9+. The van der Waals surface area contributed by atoms with Gasteiger partial charge in [0.25, 0.3) is 5.91 Å². The molecule has 27 heavy (non-hydrogen) atoms. The Balaban J connectivity index is 1.99. The predicted octanol–water partition coefficient (Wildman–Crippen LogP) is 4.89. The smallest absolute Gasteiger partial charge is 0.331 e. The van der Waals surface area contributed by atoms with Gasteiger partial charge in [-0.1, -0.05) is 45.9 Å². The summed E-state index contributed by atoms with van der Waals surface area (Å²) in [5, 5.41) is 5.70. The van der Waals surface area contributed by atoms with E-state index in [1.165, 1.54) is 17.4 Å². The van der Waals surface area contributed by atoms with E-state index in [4.69, 9.17) is 4.74 Å². The first-order chi connectivity index (χ1) is 12.8. The van der Waals surface area contributed by atoms with E-state index in [1.807, 2.05) is 30.5 Å². The van der Waals surface area contributed by atoms with Crippen molar-refractivity contribution in [2.45, 2.75) is 46.5 Å². The molecule has 1 amide bonds. The Morgan fingerprint density at radius 2 is 1.81 bits per heavy atom. The second kappa shape index (κ2) is 9.46. The molecule has 144 valence electrons. The number of nitrogens with one attached hydrogen (secondary N) is 1. The SMILES string of the molecule is Cc1nc(/C=C/C(=O)OCC(=O)Nc2c(C(C)C)cccc2C(C)C)cs1. The first-order valence-corrected chi connectivity index (χ1v) is 9.85. The average Bonchev–Trinajstić information content (AvgIpc) is 3.03. The lowest BCUT2D eigenvalue weighted by atomic mass is 9.92.